The molecule has 2 amide bonds. The van der Waals surface area contributed by atoms with Crippen molar-refractivity contribution in [3.8, 4) is 5.75 Å². The van der Waals surface area contributed by atoms with Crippen LogP contribution in [0.15, 0.2) is 48.5 Å². The topological polar surface area (TPSA) is 58.6 Å². The highest BCUT2D eigenvalue weighted by molar-refractivity contribution is 5.93. The van der Waals surface area contributed by atoms with Crippen molar-refractivity contribution in [2.45, 2.75) is 26.3 Å². The van der Waals surface area contributed by atoms with Gasteiger partial charge in [-0.2, -0.15) is 0 Å². The first kappa shape index (κ1) is 19.5. The van der Waals surface area contributed by atoms with Gasteiger partial charge in [0.05, 0.1) is 6.61 Å². The lowest BCUT2D eigenvalue weighted by Gasteiger charge is -2.17. The molecule has 2 aromatic carbocycles. The molecule has 0 aliphatic rings. The minimum Gasteiger partial charge on any atom is -0.494 e. The number of nitrogens with one attached hydrogen (secondary N) is 1. The lowest BCUT2D eigenvalue weighted by molar-refractivity contribution is -0.130. The van der Waals surface area contributed by atoms with E-state index in [2.05, 4.69) is 5.32 Å². The number of hydrogen-bond donors (Lipinski definition) is 1. The third-order valence-electron chi connectivity index (χ3n) is 4.08. The SMILES string of the molecule is CNC(=O)c1ccc(CN(C)C(=O)CCCOc2cccc(C)c2)cc1. The number of hydrogen-bond acceptors (Lipinski definition) is 3. The molecule has 0 aromatic heterocycles. The Morgan fingerprint density at radius 1 is 1.12 bits per heavy atom. The molecule has 0 atom stereocenters. The Labute approximate surface area is 155 Å². The molecule has 0 radical (unpaired) electrons. The van der Waals surface area contributed by atoms with Gasteiger partial charge in [0.1, 0.15) is 5.75 Å². The highest BCUT2D eigenvalue weighted by Crippen LogP contribution is 2.13. The fourth-order valence-electron chi connectivity index (χ4n) is 2.58. The number of amides is 2. The van der Waals surface area contributed by atoms with Crippen molar-refractivity contribution in [2.24, 2.45) is 0 Å². The predicted octanol–water partition coefficient (Wildman–Crippen LogP) is 3.17. The molecule has 0 bridgehead atoms. The Morgan fingerprint density at radius 3 is 2.50 bits per heavy atom. The largest absolute Gasteiger partial charge is 0.494 e. The fourth-order valence-corrected chi connectivity index (χ4v) is 2.58. The highest BCUT2D eigenvalue weighted by Gasteiger charge is 2.10. The number of aryl methyl sites for hydroxylation is 1. The van der Waals surface area contributed by atoms with E-state index in [9.17, 15) is 9.59 Å². The lowest BCUT2D eigenvalue weighted by atomic mass is 10.1. The van der Waals surface area contributed by atoms with Gasteiger partial charge in [0, 0.05) is 32.6 Å². The van der Waals surface area contributed by atoms with Crippen LogP contribution < -0.4 is 10.1 Å². The van der Waals surface area contributed by atoms with Crippen molar-refractivity contribution in [1.29, 1.82) is 0 Å². The maximum absolute atomic E-state index is 12.2. The molecule has 0 saturated heterocycles. The average Bonchev–Trinajstić information content (AvgIpc) is 2.65. The summed E-state index contributed by atoms with van der Waals surface area (Å²) in [4.78, 5) is 25.5. The van der Waals surface area contributed by atoms with Crippen molar-refractivity contribution in [3.63, 3.8) is 0 Å². The number of rotatable bonds is 8. The zero-order valence-corrected chi connectivity index (χ0v) is 15.6. The third-order valence-corrected chi connectivity index (χ3v) is 4.08. The van der Waals surface area contributed by atoms with Crippen LogP contribution in [-0.4, -0.2) is 37.4 Å². The lowest BCUT2D eigenvalue weighted by Crippen LogP contribution is -2.26. The van der Waals surface area contributed by atoms with Gasteiger partial charge in [0.2, 0.25) is 5.91 Å². The van der Waals surface area contributed by atoms with Gasteiger partial charge in [-0.3, -0.25) is 9.59 Å². The average molecular weight is 354 g/mol. The van der Waals surface area contributed by atoms with Crippen LogP contribution in [0, 0.1) is 6.92 Å². The quantitative estimate of drug-likeness (QED) is 0.741. The van der Waals surface area contributed by atoms with Crippen molar-refractivity contribution in [3.05, 3.63) is 65.2 Å². The molecule has 2 aromatic rings. The molecule has 0 fully saturated rings. The summed E-state index contributed by atoms with van der Waals surface area (Å²) in [5, 5.41) is 2.59. The van der Waals surface area contributed by atoms with Crippen molar-refractivity contribution < 1.29 is 14.3 Å². The molecule has 0 aliphatic heterocycles. The normalized spacial score (nSPS) is 10.3. The van der Waals surface area contributed by atoms with E-state index in [1.54, 1.807) is 31.1 Å². The first-order valence-corrected chi connectivity index (χ1v) is 8.74. The number of carbonyl (C=O) groups excluding carboxylic acids is 2. The highest BCUT2D eigenvalue weighted by atomic mass is 16.5. The third kappa shape index (κ3) is 5.92. The van der Waals surface area contributed by atoms with Gasteiger partial charge >= 0.3 is 0 Å². The van der Waals surface area contributed by atoms with E-state index in [0.29, 0.717) is 31.6 Å². The van der Waals surface area contributed by atoms with Crippen LogP contribution >= 0.6 is 0 Å². The first-order valence-electron chi connectivity index (χ1n) is 8.74. The molecule has 1 N–H and O–H groups in total. The predicted molar refractivity (Wildman–Crippen MR) is 102 cm³/mol. The Hall–Kier alpha value is -2.82. The van der Waals surface area contributed by atoms with Gasteiger partial charge in [-0.05, 0) is 48.7 Å². The van der Waals surface area contributed by atoms with E-state index >= 15 is 0 Å². The van der Waals surface area contributed by atoms with E-state index in [1.165, 1.54) is 0 Å². The van der Waals surface area contributed by atoms with Gasteiger partial charge in [0.25, 0.3) is 5.91 Å². The zero-order valence-electron chi connectivity index (χ0n) is 15.6. The van der Waals surface area contributed by atoms with E-state index in [1.807, 2.05) is 43.3 Å². The summed E-state index contributed by atoms with van der Waals surface area (Å²) in [6.45, 7) is 3.06. The summed E-state index contributed by atoms with van der Waals surface area (Å²) < 4.78 is 5.67. The number of nitrogens with zero attached hydrogens (tertiary/aromatic N) is 1. The van der Waals surface area contributed by atoms with E-state index < -0.39 is 0 Å². The molecule has 0 saturated carbocycles. The molecular formula is C21H26N2O3. The summed E-state index contributed by atoms with van der Waals surface area (Å²) >= 11 is 0. The second kappa shape index (κ2) is 9.61. The summed E-state index contributed by atoms with van der Waals surface area (Å²) in [5.74, 6) is 0.796. The van der Waals surface area contributed by atoms with E-state index in [-0.39, 0.29) is 11.8 Å². The van der Waals surface area contributed by atoms with Crippen LogP contribution in [0.1, 0.15) is 34.3 Å². The van der Waals surface area contributed by atoms with Crippen molar-refractivity contribution in [2.75, 3.05) is 20.7 Å². The van der Waals surface area contributed by atoms with Crippen LogP contribution in [0.3, 0.4) is 0 Å². The summed E-state index contributed by atoms with van der Waals surface area (Å²) in [5.41, 5.74) is 2.75. The minimum absolute atomic E-state index is 0.0771. The fraction of sp³-hybridized carbons (Fsp3) is 0.333. The zero-order chi connectivity index (χ0) is 18.9. The minimum atomic E-state index is -0.116. The van der Waals surface area contributed by atoms with Crippen molar-refractivity contribution >= 4 is 11.8 Å². The summed E-state index contributed by atoms with van der Waals surface area (Å²) in [6.07, 6.45) is 1.12. The number of carbonyl (C=O) groups is 2. The summed E-state index contributed by atoms with van der Waals surface area (Å²) in [7, 11) is 3.39. The van der Waals surface area contributed by atoms with Crippen LogP contribution in [0.25, 0.3) is 0 Å². The Kier molecular flexibility index (Phi) is 7.21. The van der Waals surface area contributed by atoms with Crippen molar-refractivity contribution in [1.82, 2.24) is 10.2 Å². The van der Waals surface area contributed by atoms with E-state index in [0.717, 1.165) is 16.9 Å². The standard InChI is InChI=1S/C21H26N2O3/c1-16-6-4-7-19(14-16)26-13-5-8-20(24)23(3)15-17-9-11-18(12-10-17)21(25)22-2/h4,6-7,9-12,14H,5,8,13,15H2,1-3H3,(H,22,25). The molecule has 5 heteroatoms. The number of ether oxygens (including phenoxy) is 1. The Bertz CT molecular complexity index is 741. The molecule has 138 valence electrons. The second-order valence-electron chi connectivity index (χ2n) is 6.29. The molecule has 2 rings (SSSR count). The number of benzene rings is 2. The van der Waals surface area contributed by atoms with Gasteiger partial charge in [-0.25, -0.2) is 0 Å². The maximum atomic E-state index is 12.2. The molecular weight excluding hydrogens is 328 g/mol. The molecule has 0 heterocycles. The molecule has 5 nitrogen and oxygen atoms in total. The van der Waals surface area contributed by atoms with Crippen LogP contribution in [0.4, 0.5) is 0 Å². The van der Waals surface area contributed by atoms with Crippen LogP contribution in [0.5, 0.6) is 5.75 Å². The molecule has 0 spiro atoms. The van der Waals surface area contributed by atoms with Gasteiger partial charge in [-0.15, -0.1) is 0 Å². The maximum Gasteiger partial charge on any atom is 0.251 e. The summed E-state index contributed by atoms with van der Waals surface area (Å²) in [6, 6.07) is 15.2. The Balaban J connectivity index is 1.74. The monoisotopic (exact) mass is 354 g/mol. The second-order valence-corrected chi connectivity index (χ2v) is 6.29. The first-order chi connectivity index (χ1) is 12.5. The van der Waals surface area contributed by atoms with E-state index in [4.69, 9.17) is 4.74 Å². The molecule has 0 aliphatic carbocycles. The van der Waals surface area contributed by atoms with Gasteiger partial charge in [-0.1, -0.05) is 24.3 Å². The molecule has 26 heavy (non-hydrogen) atoms. The Morgan fingerprint density at radius 2 is 1.85 bits per heavy atom. The smallest absolute Gasteiger partial charge is 0.251 e. The molecule has 0 unspecified atom stereocenters. The van der Waals surface area contributed by atoms with Gasteiger partial charge < -0.3 is 15.0 Å². The van der Waals surface area contributed by atoms with Gasteiger partial charge in [0.15, 0.2) is 0 Å². The van der Waals surface area contributed by atoms with Crippen LogP contribution in [-0.2, 0) is 11.3 Å². The van der Waals surface area contributed by atoms with Crippen LogP contribution in [0.2, 0.25) is 0 Å².